The molecule has 0 bridgehead atoms. The molecule has 0 atom stereocenters. The molecule has 0 aliphatic rings. The Morgan fingerprint density at radius 3 is 2.48 bits per heavy atom. The highest BCUT2D eigenvalue weighted by Gasteiger charge is 2.20. The van der Waals surface area contributed by atoms with Crippen LogP contribution in [0.3, 0.4) is 0 Å². The second-order valence-corrected chi connectivity index (χ2v) is 4.17. The van der Waals surface area contributed by atoms with Crippen molar-refractivity contribution in [2.75, 3.05) is 6.54 Å². The Bertz CT molecular complexity index is 672. The van der Waals surface area contributed by atoms with Crippen LogP contribution in [0.25, 0.3) is 0 Å². The van der Waals surface area contributed by atoms with Gasteiger partial charge in [0.1, 0.15) is 0 Å². The molecule has 1 aromatic carbocycles. The number of hydrogen-bond acceptors (Lipinski definition) is 3. The van der Waals surface area contributed by atoms with Gasteiger partial charge in [-0.25, -0.2) is 18.6 Å². The zero-order chi connectivity index (χ0) is 15.4. The quantitative estimate of drug-likeness (QED) is 0.870. The van der Waals surface area contributed by atoms with Gasteiger partial charge < -0.3 is 15.0 Å². The summed E-state index contributed by atoms with van der Waals surface area (Å²) in [4.78, 5) is 26.7. The van der Waals surface area contributed by atoms with Crippen molar-refractivity contribution >= 4 is 11.9 Å². The van der Waals surface area contributed by atoms with E-state index in [0.29, 0.717) is 18.7 Å². The van der Waals surface area contributed by atoms with Crippen LogP contribution in [0.4, 0.5) is 8.78 Å². The number of imidazole rings is 1. The number of nitrogens with one attached hydrogen (secondary N) is 1. The molecule has 21 heavy (non-hydrogen) atoms. The van der Waals surface area contributed by atoms with Crippen molar-refractivity contribution in [2.45, 2.75) is 6.54 Å². The van der Waals surface area contributed by atoms with E-state index in [0.717, 1.165) is 0 Å². The van der Waals surface area contributed by atoms with Gasteiger partial charge in [-0.05, 0) is 12.1 Å². The molecule has 1 aromatic heterocycles. The topological polar surface area (TPSA) is 84.2 Å². The molecule has 0 radical (unpaired) electrons. The third-order valence-corrected chi connectivity index (χ3v) is 2.75. The highest BCUT2D eigenvalue weighted by atomic mass is 19.2. The van der Waals surface area contributed by atoms with E-state index in [4.69, 9.17) is 5.11 Å². The number of benzene rings is 1. The van der Waals surface area contributed by atoms with Crippen molar-refractivity contribution in [1.29, 1.82) is 0 Å². The van der Waals surface area contributed by atoms with E-state index in [1.807, 2.05) is 0 Å². The Morgan fingerprint density at radius 1 is 1.24 bits per heavy atom. The summed E-state index contributed by atoms with van der Waals surface area (Å²) in [6.07, 6.45) is 4.80. The third kappa shape index (κ3) is 3.41. The molecule has 1 amide bonds. The summed E-state index contributed by atoms with van der Waals surface area (Å²) in [6.45, 7) is 0.602. The maximum absolute atomic E-state index is 13.2. The number of hydrogen-bond donors (Lipinski definition) is 2. The number of carbonyl (C=O) groups is 2. The van der Waals surface area contributed by atoms with Gasteiger partial charge in [0, 0.05) is 25.5 Å². The van der Waals surface area contributed by atoms with Crippen molar-refractivity contribution in [2.24, 2.45) is 0 Å². The van der Waals surface area contributed by atoms with Crippen LogP contribution in [-0.4, -0.2) is 33.1 Å². The molecule has 110 valence electrons. The van der Waals surface area contributed by atoms with Crippen LogP contribution in [-0.2, 0) is 6.54 Å². The van der Waals surface area contributed by atoms with Gasteiger partial charge in [0.25, 0.3) is 5.91 Å². The summed E-state index contributed by atoms with van der Waals surface area (Å²) in [5.41, 5.74) is -1.01. The minimum atomic E-state index is -1.51. The molecule has 0 aliphatic heterocycles. The number of halogens is 2. The van der Waals surface area contributed by atoms with Gasteiger partial charge >= 0.3 is 5.97 Å². The number of rotatable bonds is 5. The van der Waals surface area contributed by atoms with Crippen LogP contribution in [0.5, 0.6) is 0 Å². The first kappa shape index (κ1) is 14.6. The summed E-state index contributed by atoms with van der Waals surface area (Å²) in [6, 6.07) is 1.06. The number of aromatic carboxylic acids is 1. The zero-order valence-corrected chi connectivity index (χ0v) is 10.7. The van der Waals surface area contributed by atoms with Gasteiger partial charge in [0.2, 0.25) is 0 Å². The lowest BCUT2D eigenvalue weighted by atomic mass is 10.1. The van der Waals surface area contributed by atoms with Gasteiger partial charge in [0.15, 0.2) is 11.6 Å². The number of amides is 1. The average Bonchev–Trinajstić information content (AvgIpc) is 2.94. The SMILES string of the molecule is O=C(O)c1cc(F)c(F)cc1C(=O)NCCn1ccnc1. The van der Waals surface area contributed by atoms with Crippen LogP contribution < -0.4 is 5.32 Å². The van der Waals surface area contributed by atoms with Gasteiger partial charge in [-0.3, -0.25) is 4.79 Å². The van der Waals surface area contributed by atoms with Crippen molar-refractivity contribution in [1.82, 2.24) is 14.9 Å². The Hall–Kier alpha value is -2.77. The lowest BCUT2D eigenvalue weighted by molar-refractivity contribution is 0.0690. The molecule has 0 aliphatic carbocycles. The summed E-state index contributed by atoms with van der Waals surface area (Å²) in [7, 11) is 0. The van der Waals surface area contributed by atoms with Crippen molar-refractivity contribution in [3.63, 3.8) is 0 Å². The molecule has 0 fully saturated rings. The summed E-state index contributed by atoms with van der Waals surface area (Å²) in [5.74, 6) is -4.89. The van der Waals surface area contributed by atoms with Crippen molar-refractivity contribution in [3.8, 4) is 0 Å². The van der Waals surface area contributed by atoms with Crippen LogP contribution in [0.1, 0.15) is 20.7 Å². The number of carboxylic acid groups (broad SMARTS) is 1. The Balaban J connectivity index is 2.11. The lowest BCUT2D eigenvalue weighted by Crippen LogP contribution is -2.28. The predicted octanol–water partition coefficient (Wildman–Crippen LogP) is 1.29. The van der Waals surface area contributed by atoms with Crippen LogP contribution in [0.15, 0.2) is 30.9 Å². The smallest absolute Gasteiger partial charge is 0.336 e. The lowest BCUT2D eigenvalue weighted by Gasteiger charge is -2.09. The minimum absolute atomic E-state index is 0.188. The van der Waals surface area contributed by atoms with E-state index >= 15 is 0 Å². The molecule has 2 aromatic rings. The fraction of sp³-hybridized carbons (Fsp3) is 0.154. The van der Waals surface area contributed by atoms with E-state index in [1.54, 1.807) is 23.3 Å². The monoisotopic (exact) mass is 295 g/mol. The Kier molecular flexibility index (Phi) is 4.27. The molecular weight excluding hydrogens is 284 g/mol. The first-order valence-corrected chi connectivity index (χ1v) is 5.95. The maximum Gasteiger partial charge on any atom is 0.336 e. The van der Waals surface area contributed by atoms with Gasteiger partial charge in [0.05, 0.1) is 17.5 Å². The first-order valence-electron chi connectivity index (χ1n) is 5.95. The number of carboxylic acids is 1. The average molecular weight is 295 g/mol. The highest BCUT2D eigenvalue weighted by molar-refractivity contribution is 6.04. The second-order valence-electron chi connectivity index (χ2n) is 4.17. The summed E-state index contributed by atoms with van der Waals surface area (Å²) < 4.78 is 27.9. The zero-order valence-electron chi connectivity index (χ0n) is 10.7. The maximum atomic E-state index is 13.2. The molecule has 2 rings (SSSR count). The Morgan fingerprint density at radius 2 is 1.90 bits per heavy atom. The molecule has 6 nitrogen and oxygen atoms in total. The first-order chi connectivity index (χ1) is 9.99. The number of nitrogens with zero attached hydrogens (tertiary/aromatic N) is 2. The van der Waals surface area contributed by atoms with Gasteiger partial charge in [-0.2, -0.15) is 0 Å². The molecule has 1 heterocycles. The van der Waals surface area contributed by atoms with E-state index in [-0.39, 0.29) is 6.54 Å². The van der Waals surface area contributed by atoms with Gasteiger partial charge in [-0.1, -0.05) is 0 Å². The molecule has 8 heteroatoms. The van der Waals surface area contributed by atoms with E-state index in [9.17, 15) is 18.4 Å². The van der Waals surface area contributed by atoms with Gasteiger partial charge in [-0.15, -0.1) is 0 Å². The van der Waals surface area contributed by atoms with E-state index in [1.165, 1.54) is 0 Å². The predicted molar refractivity (Wildman–Crippen MR) is 67.9 cm³/mol. The number of aromatic nitrogens is 2. The third-order valence-electron chi connectivity index (χ3n) is 2.75. The molecule has 0 spiro atoms. The van der Waals surface area contributed by atoms with E-state index < -0.39 is 34.6 Å². The van der Waals surface area contributed by atoms with E-state index in [2.05, 4.69) is 10.3 Å². The van der Waals surface area contributed by atoms with Crippen LogP contribution in [0.2, 0.25) is 0 Å². The fourth-order valence-corrected chi connectivity index (χ4v) is 1.72. The standard InChI is InChI=1S/C13H11F2N3O3/c14-10-5-8(9(13(20)21)6-11(10)15)12(19)17-2-4-18-3-1-16-7-18/h1,3,5-7H,2,4H2,(H,17,19)(H,20,21). The molecule has 0 unspecified atom stereocenters. The number of carbonyl (C=O) groups excluding carboxylic acids is 1. The van der Waals surface area contributed by atoms with Crippen molar-refractivity contribution in [3.05, 3.63) is 53.6 Å². The molecule has 2 N–H and O–H groups in total. The normalized spacial score (nSPS) is 10.4. The molecular formula is C13H11F2N3O3. The molecule has 0 saturated heterocycles. The Labute approximate surface area is 118 Å². The van der Waals surface area contributed by atoms with Crippen LogP contribution >= 0.6 is 0 Å². The summed E-state index contributed by atoms with van der Waals surface area (Å²) in [5, 5.41) is 11.4. The largest absolute Gasteiger partial charge is 0.478 e. The highest BCUT2D eigenvalue weighted by Crippen LogP contribution is 2.15. The fourth-order valence-electron chi connectivity index (χ4n) is 1.72. The molecule has 0 saturated carbocycles. The van der Waals surface area contributed by atoms with Crippen molar-refractivity contribution < 1.29 is 23.5 Å². The summed E-state index contributed by atoms with van der Waals surface area (Å²) >= 11 is 0. The second kappa shape index (κ2) is 6.12. The minimum Gasteiger partial charge on any atom is -0.478 e. The van der Waals surface area contributed by atoms with Crippen LogP contribution in [0, 0.1) is 11.6 Å².